The second kappa shape index (κ2) is 10.8. The average molecular weight is 423 g/mol. The molecule has 0 atom stereocenters. The van der Waals surface area contributed by atoms with Crippen LogP contribution >= 0.6 is 23.4 Å². The van der Waals surface area contributed by atoms with Gasteiger partial charge in [-0.05, 0) is 37.6 Å². The minimum Gasteiger partial charge on any atom is -0.495 e. The van der Waals surface area contributed by atoms with Crippen LogP contribution < -0.4 is 20.1 Å². The number of carbonyl (C=O) groups excluding carboxylic acids is 2. The highest BCUT2D eigenvalue weighted by molar-refractivity contribution is 8.00. The Kier molecular flexibility index (Phi) is 8.47. The van der Waals surface area contributed by atoms with Crippen molar-refractivity contribution in [1.29, 1.82) is 0 Å². The van der Waals surface area contributed by atoms with Crippen LogP contribution in [0.2, 0.25) is 5.02 Å². The standard InChI is InChI=1S/C20H23ClN2O4S/c1-4-27-17-8-6-5-7-15(17)22-19(24)11-28-12-20(25)23-16-9-13(2)14(21)10-18(16)26-3/h5-10H,4,11-12H2,1-3H3,(H,22,24)(H,23,25). The van der Waals surface area contributed by atoms with Gasteiger partial charge < -0.3 is 20.1 Å². The number of methoxy groups -OCH3 is 1. The third-order valence-corrected chi connectivity index (χ3v) is 5.02. The molecule has 0 aromatic heterocycles. The second-order valence-electron chi connectivity index (χ2n) is 5.82. The summed E-state index contributed by atoms with van der Waals surface area (Å²) in [6.07, 6.45) is 0. The monoisotopic (exact) mass is 422 g/mol. The number of aryl methyl sites for hydroxylation is 1. The van der Waals surface area contributed by atoms with E-state index in [1.54, 1.807) is 24.3 Å². The summed E-state index contributed by atoms with van der Waals surface area (Å²) >= 11 is 7.28. The molecule has 150 valence electrons. The van der Waals surface area contributed by atoms with E-state index >= 15 is 0 Å². The van der Waals surface area contributed by atoms with Gasteiger partial charge in [-0.2, -0.15) is 0 Å². The van der Waals surface area contributed by atoms with E-state index < -0.39 is 0 Å². The van der Waals surface area contributed by atoms with Crippen molar-refractivity contribution in [3.63, 3.8) is 0 Å². The zero-order valence-corrected chi connectivity index (χ0v) is 17.6. The molecular weight excluding hydrogens is 400 g/mol. The Morgan fingerprint density at radius 3 is 2.32 bits per heavy atom. The van der Waals surface area contributed by atoms with Crippen molar-refractivity contribution < 1.29 is 19.1 Å². The smallest absolute Gasteiger partial charge is 0.234 e. The number of rotatable bonds is 9. The fourth-order valence-electron chi connectivity index (χ4n) is 2.39. The summed E-state index contributed by atoms with van der Waals surface area (Å²) in [6.45, 7) is 4.23. The third-order valence-electron chi connectivity index (χ3n) is 3.68. The van der Waals surface area contributed by atoms with Gasteiger partial charge in [0.1, 0.15) is 11.5 Å². The zero-order valence-electron chi connectivity index (χ0n) is 16.0. The lowest BCUT2D eigenvalue weighted by atomic mass is 10.2. The van der Waals surface area contributed by atoms with Gasteiger partial charge in [-0.3, -0.25) is 9.59 Å². The topological polar surface area (TPSA) is 76.7 Å². The molecule has 28 heavy (non-hydrogen) atoms. The molecule has 0 fully saturated rings. The number of hydrogen-bond acceptors (Lipinski definition) is 5. The third kappa shape index (κ3) is 6.35. The largest absolute Gasteiger partial charge is 0.495 e. The lowest BCUT2D eigenvalue weighted by Crippen LogP contribution is -2.19. The molecule has 0 spiro atoms. The maximum absolute atomic E-state index is 12.2. The van der Waals surface area contributed by atoms with E-state index in [1.165, 1.54) is 18.9 Å². The number of thioether (sulfide) groups is 1. The molecule has 2 N–H and O–H groups in total. The molecule has 2 aromatic carbocycles. The van der Waals surface area contributed by atoms with E-state index in [-0.39, 0.29) is 23.3 Å². The first-order chi connectivity index (χ1) is 13.4. The number of amides is 2. The van der Waals surface area contributed by atoms with E-state index in [9.17, 15) is 9.59 Å². The van der Waals surface area contributed by atoms with Crippen LogP contribution in [0.15, 0.2) is 36.4 Å². The molecule has 8 heteroatoms. The fraction of sp³-hybridized carbons (Fsp3) is 0.300. The van der Waals surface area contributed by atoms with Crippen LogP contribution in [0.4, 0.5) is 11.4 Å². The van der Waals surface area contributed by atoms with Gasteiger partial charge in [0.05, 0.1) is 36.6 Å². The van der Waals surface area contributed by atoms with Gasteiger partial charge in [-0.25, -0.2) is 0 Å². The number of ether oxygens (including phenoxy) is 2. The molecule has 0 radical (unpaired) electrons. The first-order valence-electron chi connectivity index (χ1n) is 8.68. The lowest BCUT2D eigenvalue weighted by Gasteiger charge is -2.12. The van der Waals surface area contributed by atoms with Crippen LogP contribution in [-0.4, -0.2) is 37.0 Å². The highest BCUT2D eigenvalue weighted by atomic mass is 35.5. The van der Waals surface area contributed by atoms with Crippen LogP contribution in [-0.2, 0) is 9.59 Å². The van der Waals surface area contributed by atoms with E-state index in [4.69, 9.17) is 21.1 Å². The number of para-hydroxylation sites is 2. The Morgan fingerprint density at radius 1 is 1.04 bits per heavy atom. The van der Waals surface area contributed by atoms with E-state index in [0.717, 1.165) is 5.56 Å². The summed E-state index contributed by atoms with van der Waals surface area (Å²) in [7, 11) is 1.51. The molecule has 0 bridgehead atoms. The maximum atomic E-state index is 12.2. The highest BCUT2D eigenvalue weighted by Crippen LogP contribution is 2.31. The van der Waals surface area contributed by atoms with Crippen molar-refractivity contribution in [2.45, 2.75) is 13.8 Å². The van der Waals surface area contributed by atoms with E-state index in [2.05, 4.69) is 10.6 Å². The molecule has 0 aliphatic carbocycles. The van der Waals surface area contributed by atoms with Crippen molar-refractivity contribution in [2.75, 3.05) is 35.9 Å². The van der Waals surface area contributed by atoms with Gasteiger partial charge in [-0.15, -0.1) is 11.8 Å². The summed E-state index contributed by atoms with van der Waals surface area (Å²) in [4.78, 5) is 24.3. The van der Waals surface area contributed by atoms with Crippen LogP contribution in [0.1, 0.15) is 12.5 Å². The molecule has 0 saturated carbocycles. The van der Waals surface area contributed by atoms with E-state index in [0.29, 0.717) is 34.5 Å². The second-order valence-corrected chi connectivity index (χ2v) is 7.21. The van der Waals surface area contributed by atoms with Gasteiger partial charge in [0, 0.05) is 11.1 Å². The number of carbonyl (C=O) groups is 2. The van der Waals surface area contributed by atoms with Crippen LogP contribution in [0, 0.1) is 6.92 Å². The zero-order chi connectivity index (χ0) is 20.5. The number of benzene rings is 2. The molecule has 0 heterocycles. The van der Waals surface area contributed by atoms with Crippen LogP contribution in [0.5, 0.6) is 11.5 Å². The number of halogens is 1. The van der Waals surface area contributed by atoms with Gasteiger partial charge >= 0.3 is 0 Å². The fourth-order valence-corrected chi connectivity index (χ4v) is 3.16. The minimum atomic E-state index is -0.229. The number of anilines is 2. The summed E-state index contributed by atoms with van der Waals surface area (Å²) in [5.41, 5.74) is 1.99. The highest BCUT2D eigenvalue weighted by Gasteiger charge is 2.12. The van der Waals surface area contributed by atoms with Crippen molar-refractivity contribution in [3.8, 4) is 11.5 Å². The predicted octanol–water partition coefficient (Wildman–Crippen LogP) is 4.37. The molecular formula is C20H23ClN2O4S. The molecule has 0 aliphatic rings. The normalized spacial score (nSPS) is 10.3. The molecule has 0 aliphatic heterocycles. The Morgan fingerprint density at radius 2 is 1.68 bits per heavy atom. The summed E-state index contributed by atoms with van der Waals surface area (Å²) in [5, 5.41) is 6.15. The summed E-state index contributed by atoms with van der Waals surface area (Å²) in [5.74, 6) is 0.943. The Bertz CT molecular complexity index is 845. The summed E-state index contributed by atoms with van der Waals surface area (Å²) in [6, 6.07) is 10.6. The molecule has 0 unspecified atom stereocenters. The quantitative estimate of drug-likeness (QED) is 0.627. The Labute approximate surface area is 173 Å². The Hall–Kier alpha value is -2.38. The van der Waals surface area contributed by atoms with Crippen molar-refractivity contribution in [2.24, 2.45) is 0 Å². The van der Waals surface area contributed by atoms with Crippen molar-refractivity contribution in [3.05, 3.63) is 47.0 Å². The molecule has 2 aromatic rings. The molecule has 2 rings (SSSR count). The van der Waals surface area contributed by atoms with Crippen molar-refractivity contribution in [1.82, 2.24) is 0 Å². The van der Waals surface area contributed by atoms with Crippen LogP contribution in [0.3, 0.4) is 0 Å². The summed E-state index contributed by atoms with van der Waals surface area (Å²) < 4.78 is 10.7. The Balaban J connectivity index is 1.84. The average Bonchev–Trinajstić information content (AvgIpc) is 2.66. The van der Waals surface area contributed by atoms with Gasteiger partial charge in [0.15, 0.2) is 0 Å². The predicted molar refractivity (Wildman–Crippen MR) is 115 cm³/mol. The van der Waals surface area contributed by atoms with Gasteiger partial charge in [0.25, 0.3) is 0 Å². The number of hydrogen-bond donors (Lipinski definition) is 2. The minimum absolute atomic E-state index is 0.130. The molecule has 0 saturated heterocycles. The maximum Gasteiger partial charge on any atom is 0.234 e. The first kappa shape index (κ1) is 21.9. The van der Waals surface area contributed by atoms with Gasteiger partial charge in [0.2, 0.25) is 11.8 Å². The first-order valence-corrected chi connectivity index (χ1v) is 10.2. The molecule has 2 amide bonds. The van der Waals surface area contributed by atoms with Crippen molar-refractivity contribution >= 4 is 46.6 Å². The van der Waals surface area contributed by atoms with Gasteiger partial charge in [-0.1, -0.05) is 23.7 Å². The SMILES string of the molecule is CCOc1ccccc1NC(=O)CSCC(=O)Nc1cc(C)c(Cl)cc1OC. The van der Waals surface area contributed by atoms with Crippen LogP contribution in [0.25, 0.3) is 0 Å². The van der Waals surface area contributed by atoms with E-state index in [1.807, 2.05) is 26.0 Å². The number of nitrogens with one attached hydrogen (secondary N) is 2. The molecule has 6 nitrogen and oxygen atoms in total. The lowest BCUT2D eigenvalue weighted by molar-refractivity contribution is -0.114.